The van der Waals surface area contributed by atoms with E-state index in [0.717, 1.165) is 25.1 Å². The fourth-order valence-electron chi connectivity index (χ4n) is 2.91. The van der Waals surface area contributed by atoms with E-state index in [4.69, 9.17) is 4.74 Å². The summed E-state index contributed by atoms with van der Waals surface area (Å²) in [5, 5.41) is 19.4. The second-order valence-corrected chi connectivity index (χ2v) is 7.21. The molecular weight excluding hydrogens is 278 g/mol. The van der Waals surface area contributed by atoms with Crippen LogP contribution < -0.4 is 4.74 Å². The van der Waals surface area contributed by atoms with Crippen LogP contribution in [0.3, 0.4) is 0 Å². The van der Waals surface area contributed by atoms with Crippen LogP contribution in [-0.4, -0.2) is 53.6 Å². The molecule has 0 saturated carbocycles. The monoisotopic (exact) mass is 307 g/mol. The van der Waals surface area contributed by atoms with Crippen LogP contribution in [0.2, 0.25) is 0 Å². The van der Waals surface area contributed by atoms with Gasteiger partial charge in [-0.25, -0.2) is 0 Å². The van der Waals surface area contributed by atoms with Crippen LogP contribution in [0.15, 0.2) is 24.3 Å². The highest BCUT2D eigenvalue weighted by Crippen LogP contribution is 2.24. The maximum Gasteiger partial charge on any atom is 0.119 e. The molecule has 0 bridgehead atoms. The van der Waals surface area contributed by atoms with Crippen LogP contribution in [-0.2, 0) is 5.41 Å². The van der Waals surface area contributed by atoms with Crippen molar-refractivity contribution in [3.63, 3.8) is 0 Å². The number of hydrogen-bond acceptors (Lipinski definition) is 4. The van der Waals surface area contributed by atoms with Crippen molar-refractivity contribution in [1.29, 1.82) is 0 Å². The minimum Gasteiger partial charge on any atom is -0.491 e. The van der Waals surface area contributed by atoms with E-state index in [1.54, 1.807) is 0 Å². The molecule has 1 unspecified atom stereocenters. The van der Waals surface area contributed by atoms with Crippen molar-refractivity contribution in [2.24, 2.45) is 0 Å². The summed E-state index contributed by atoms with van der Waals surface area (Å²) in [7, 11) is 0. The normalized spacial score (nSPS) is 21.0. The summed E-state index contributed by atoms with van der Waals surface area (Å²) in [5.74, 6) is 0.784. The molecular formula is C18H29NO3. The van der Waals surface area contributed by atoms with Crippen molar-refractivity contribution in [1.82, 2.24) is 4.90 Å². The van der Waals surface area contributed by atoms with Crippen molar-refractivity contribution in [3.05, 3.63) is 29.8 Å². The van der Waals surface area contributed by atoms with Gasteiger partial charge in [-0.05, 0) is 42.5 Å². The van der Waals surface area contributed by atoms with Gasteiger partial charge in [0.25, 0.3) is 0 Å². The maximum atomic E-state index is 10.1. The first-order valence-corrected chi connectivity index (χ1v) is 8.16. The molecule has 1 fully saturated rings. The second kappa shape index (κ2) is 7.44. The average Bonchev–Trinajstić information content (AvgIpc) is 2.92. The first-order valence-electron chi connectivity index (χ1n) is 8.16. The predicted molar refractivity (Wildman–Crippen MR) is 88.3 cm³/mol. The molecule has 0 spiro atoms. The zero-order valence-electron chi connectivity index (χ0n) is 14.0. The largest absolute Gasteiger partial charge is 0.491 e. The third kappa shape index (κ3) is 4.70. The van der Waals surface area contributed by atoms with Crippen LogP contribution in [0.5, 0.6) is 5.75 Å². The summed E-state index contributed by atoms with van der Waals surface area (Å²) in [6.07, 6.45) is 1.57. The highest BCUT2D eigenvalue weighted by Gasteiger charge is 2.25. The minimum atomic E-state index is -0.533. The topological polar surface area (TPSA) is 52.9 Å². The minimum absolute atomic E-state index is 0.132. The van der Waals surface area contributed by atoms with Crippen molar-refractivity contribution in [2.45, 2.75) is 51.2 Å². The second-order valence-electron chi connectivity index (χ2n) is 7.21. The zero-order chi connectivity index (χ0) is 16.2. The molecule has 1 aromatic rings. The highest BCUT2D eigenvalue weighted by atomic mass is 16.5. The predicted octanol–water partition coefficient (Wildman–Crippen LogP) is 2.18. The molecule has 1 aromatic carbocycles. The maximum absolute atomic E-state index is 10.1. The molecule has 0 aromatic heterocycles. The van der Waals surface area contributed by atoms with E-state index < -0.39 is 6.10 Å². The highest BCUT2D eigenvalue weighted by molar-refractivity contribution is 5.31. The van der Waals surface area contributed by atoms with Crippen LogP contribution in [0, 0.1) is 0 Å². The molecule has 4 heteroatoms. The number of hydrogen-bond donors (Lipinski definition) is 2. The lowest BCUT2D eigenvalue weighted by Gasteiger charge is -2.25. The van der Waals surface area contributed by atoms with E-state index in [9.17, 15) is 10.2 Å². The van der Waals surface area contributed by atoms with Gasteiger partial charge in [0.1, 0.15) is 18.5 Å². The van der Waals surface area contributed by atoms with E-state index in [1.165, 1.54) is 5.56 Å². The van der Waals surface area contributed by atoms with Crippen LogP contribution in [0.25, 0.3) is 0 Å². The molecule has 1 heterocycles. The molecule has 1 aliphatic rings. The third-order valence-electron chi connectivity index (χ3n) is 4.32. The Bertz CT molecular complexity index is 452. The van der Waals surface area contributed by atoms with Crippen LogP contribution in [0.4, 0.5) is 0 Å². The van der Waals surface area contributed by atoms with Gasteiger partial charge in [0.05, 0.1) is 6.61 Å². The van der Waals surface area contributed by atoms with Crippen molar-refractivity contribution in [2.75, 3.05) is 26.3 Å². The summed E-state index contributed by atoms with van der Waals surface area (Å²) in [6, 6.07) is 8.26. The average molecular weight is 307 g/mol. The van der Waals surface area contributed by atoms with E-state index in [0.29, 0.717) is 6.54 Å². The number of aliphatic hydroxyl groups is 2. The van der Waals surface area contributed by atoms with Gasteiger partial charge in [-0.3, -0.25) is 4.90 Å². The molecule has 1 aliphatic heterocycles. The fourth-order valence-corrected chi connectivity index (χ4v) is 2.91. The van der Waals surface area contributed by atoms with Crippen molar-refractivity contribution < 1.29 is 14.9 Å². The van der Waals surface area contributed by atoms with Gasteiger partial charge < -0.3 is 14.9 Å². The summed E-state index contributed by atoms with van der Waals surface area (Å²) in [6.45, 7) is 8.50. The van der Waals surface area contributed by atoms with E-state index in [1.807, 2.05) is 12.1 Å². The first kappa shape index (κ1) is 17.3. The Hall–Kier alpha value is -1.10. The number of likely N-dealkylation sites (tertiary alicyclic amines) is 1. The first-order chi connectivity index (χ1) is 10.4. The Labute approximate surface area is 133 Å². The van der Waals surface area contributed by atoms with E-state index >= 15 is 0 Å². The molecule has 0 amide bonds. The SMILES string of the molecule is CC(C)(C)c1ccc(OCC(O)CN2CCC[C@@H]2CO)cc1. The lowest BCUT2D eigenvalue weighted by Crippen LogP contribution is -2.40. The van der Waals surface area contributed by atoms with Crippen LogP contribution >= 0.6 is 0 Å². The lowest BCUT2D eigenvalue weighted by molar-refractivity contribution is 0.0532. The number of benzene rings is 1. The summed E-state index contributed by atoms with van der Waals surface area (Å²) >= 11 is 0. The Balaban J connectivity index is 1.80. The van der Waals surface area contributed by atoms with E-state index in [2.05, 4.69) is 37.8 Å². The molecule has 124 valence electrons. The molecule has 1 saturated heterocycles. The summed E-state index contributed by atoms with van der Waals surface area (Å²) < 4.78 is 5.68. The Morgan fingerprint density at radius 1 is 1.27 bits per heavy atom. The lowest BCUT2D eigenvalue weighted by atomic mass is 9.87. The molecule has 0 aliphatic carbocycles. The van der Waals surface area contributed by atoms with Gasteiger partial charge in [0.15, 0.2) is 0 Å². The smallest absolute Gasteiger partial charge is 0.119 e. The molecule has 2 N–H and O–H groups in total. The van der Waals surface area contributed by atoms with Crippen molar-refractivity contribution in [3.8, 4) is 5.75 Å². The van der Waals surface area contributed by atoms with Crippen LogP contribution in [0.1, 0.15) is 39.2 Å². The third-order valence-corrected chi connectivity index (χ3v) is 4.32. The van der Waals surface area contributed by atoms with Gasteiger partial charge in [0, 0.05) is 12.6 Å². The summed E-state index contributed by atoms with van der Waals surface area (Å²) in [5.41, 5.74) is 1.40. The number of aliphatic hydroxyl groups excluding tert-OH is 2. The summed E-state index contributed by atoms with van der Waals surface area (Å²) in [4.78, 5) is 2.15. The zero-order valence-corrected chi connectivity index (χ0v) is 14.0. The Kier molecular flexibility index (Phi) is 5.84. The number of ether oxygens (including phenoxy) is 1. The van der Waals surface area contributed by atoms with Gasteiger partial charge in [-0.15, -0.1) is 0 Å². The van der Waals surface area contributed by atoms with Gasteiger partial charge in [0.2, 0.25) is 0 Å². The Morgan fingerprint density at radius 2 is 1.95 bits per heavy atom. The molecule has 2 rings (SSSR count). The molecule has 4 nitrogen and oxygen atoms in total. The molecule has 22 heavy (non-hydrogen) atoms. The standard InChI is InChI=1S/C18H29NO3/c1-18(2,3)14-6-8-17(9-7-14)22-13-16(21)11-19-10-4-5-15(19)12-20/h6-9,15-16,20-21H,4-5,10-13H2,1-3H3/t15-,16?/m1/s1. The quantitative estimate of drug-likeness (QED) is 0.846. The van der Waals surface area contributed by atoms with E-state index in [-0.39, 0.29) is 24.7 Å². The van der Waals surface area contributed by atoms with Crippen molar-refractivity contribution >= 4 is 0 Å². The van der Waals surface area contributed by atoms with Gasteiger partial charge in [-0.1, -0.05) is 32.9 Å². The fraction of sp³-hybridized carbons (Fsp3) is 0.667. The Morgan fingerprint density at radius 3 is 2.55 bits per heavy atom. The number of nitrogens with zero attached hydrogens (tertiary/aromatic N) is 1. The van der Waals surface area contributed by atoms with Gasteiger partial charge in [-0.2, -0.15) is 0 Å². The van der Waals surface area contributed by atoms with Gasteiger partial charge >= 0.3 is 0 Å². The molecule has 0 radical (unpaired) electrons. The number of rotatable bonds is 6. The molecule has 2 atom stereocenters. The number of β-amino-alcohol motifs (C(OH)–C–C–N with tert-alkyl or cyclic N) is 1.